The SMILES string of the molecule is CCc1nc(-c2ccc3c(c2)oc(=O)n3C)cs1. The van der Waals surface area contributed by atoms with E-state index in [0.717, 1.165) is 28.2 Å². The van der Waals surface area contributed by atoms with Crippen LogP contribution in [0.3, 0.4) is 0 Å². The molecular formula is C13H12N2O2S. The summed E-state index contributed by atoms with van der Waals surface area (Å²) in [5.74, 6) is -0.338. The topological polar surface area (TPSA) is 48.0 Å². The van der Waals surface area contributed by atoms with Gasteiger partial charge in [-0.1, -0.05) is 13.0 Å². The Balaban J connectivity index is 2.16. The van der Waals surface area contributed by atoms with Gasteiger partial charge >= 0.3 is 5.76 Å². The first kappa shape index (κ1) is 11.2. The number of hydrogen-bond donors (Lipinski definition) is 0. The lowest BCUT2D eigenvalue weighted by molar-refractivity contribution is 0.528. The summed E-state index contributed by atoms with van der Waals surface area (Å²) in [5, 5.41) is 3.14. The summed E-state index contributed by atoms with van der Waals surface area (Å²) in [6, 6.07) is 5.72. The summed E-state index contributed by atoms with van der Waals surface area (Å²) in [4.78, 5) is 15.9. The smallest absolute Gasteiger partial charge is 0.408 e. The summed E-state index contributed by atoms with van der Waals surface area (Å²) in [6.07, 6.45) is 0.938. The molecule has 3 rings (SSSR count). The van der Waals surface area contributed by atoms with Crippen molar-refractivity contribution in [1.29, 1.82) is 0 Å². The maximum Gasteiger partial charge on any atom is 0.419 e. The fourth-order valence-corrected chi connectivity index (χ4v) is 2.65. The number of nitrogens with zero attached hydrogens (tertiary/aromatic N) is 2. The summed E-state index contributed by atoms with van der Waals surface area (Å²) in [7, 11) is 1.70. The molecule has 0 fully saturated rings. The van der Waals surface area contributed by atoms with Gasteiger partial charge in [-0.3, -0.25) is 4.57 Å². The highest BCUT2D eigenvalue weighted by molar-refractivity contribution is 7.09. The van der Waals surface area contributed by atoms with Gasteiger partial charge in [0.05, 0.1) is 16.2 Å². The molecular weight excluding hydrogens is 248 g/mol. The molecule has 0 bridgehead atoms. The standard InChI is InChI=1S/C13H12N2O2S/c1-3-12-14-9(7-18-12)8-4-5-10-11(6-8)17-13(16)15(10)2/h4-7H,3H2,1-2H3. The fraction of sp³-hybridized carbons (Fsp3) is 0.231. The van der Waals surface area contributed by atoms with Gasteiger partial charge in [-0.25, -0.2) is 9.78 Å². The van der Waals surface area contributed by atoms with Gasteiger partial charge in [-0.2, -0.15) is 0 Å². The molecule has 0 aliphatic heterocycles. The third-order valence-corrected chi connectivity index (χ3v) is 3.94. The highest BCUT2D eigenvalue weighted by Crippen LogP contribution is 2.25. The van der Waals surface area contributed by atoms with E-state index >= 15 is 0 Å². The minimum Gasteiger partial charge on any atom is -0.408 e. The maximum absolute atomic E-state index is 11.4. The molecule has 0 radical (unpaired) electrons. The molecule has 1 aromatic carbocycles. The lowest BCUT2D eigenvalue weighted by atomic mass is 10.1. The minimum atomic E-state index is -0.338. The third-order valence-electron chi connectivity index (χ3n) is 2.94. The molecule has 0 amide bonds. The highest BCUT2D eigenvalue weighted by atomic mass is 32.1. The second-order valence-electron chi connectivity index (χ2n) is 4.09. The molecule has 0 N–H and O–H groups in total. The zero-order valence-electron chi connectivity index (χ0n) is 10.1. The second-order valence-corrected chi connectivity index (χ2v) is 5.03. The fourth-order valence-electron chi connectivity index (χ4n) is 1.90. The van der Waals surface area contributed by atoms with Crippen LogP contribution in [0.2, 0.25) is 0 Å². The van der Waals surface area contributed by atoms with E-state index < -0.39 is 0 Å². The predicted octanol–water partition coefficient (Wildman–Crippen LogP) is 2.82. The minimum absolute atomic E-state index is 0.338. The average Bonchev–Trinajstić information content (AvgIpc) is 2.95. The van der Waals surface area contributed by atoms with Crippen LogP contribution < -0.4 is 5.76 Å². The zero-order chi connectivity index (χ0) is 12.7. The van der Waals surface area contributed by atoms with Crippen LogP contribution in [0.4, 0.5) is 0 Å². The van der Waals surface area contributed by atoms with E-state index in [0.29, 0.717) is 5.58 Å². The van der Waals surface area contributed by atoms with Crippen molar-refractivity contribution in [3.05, 3.63) is 39.1 Å². The van der Waals surface area contributed by atoms with Crippen LogP contribution in [0.25, 0.3) is 22.4 Å². The molecule has 3 aromatic rings. The molecule has 0 saturated carbocycles. The van der Waals surface area contributed by atoms with Gasteiger partial charge in [0.25, 0.3) is 0 Å². The summed E-state index contributed by atoms with van der Waals surface area (Å²) in [6.45, 7) is 2.09. The van der Waals surface area contributed by atoms with Crippen LogP contribution in [0.1, 0.15) is 11.9 Å². The second kappa shape index (κ2) is 4.10. The van der Waals surface area contributed by atoms with Crippen LogP contribution in [0.5, 0.6) is 0 Å². The van der Waals surface area contributed by atoms with Gasteiger partial charge < -0.3 is 4.42 Å². The number of fused-ring (bicyclic) bond motifs is 1. The molecule has 0 aliphatic carbocycles. The Hall–Kier alpha value is -1.88. The van der Waals surface area contributed by atoms with Gasteiger partial charge in [0.1, 0.15) is 0 Å². The quantitative estimate of drug-likeness (QED) is 0.712. The van der Waals surface area contributed by atoms with Crippen LogP contribution in [0.15, 0.2) is 32.8 Å². The first-order valence-electron chi connectivity index (χ1n) is 5.73. The highest BCUT2D eigenvalue weighted by Gasteiger charge is 2.09. The molecule has 0 spiro atoms. The Morgan fingerprint density at radius 3 is 3.00 bits per heavy atom. The summed E-state index contributed by atoms with van der Waals surface area (Å²) < 4.78 is 6.67. The number of oxazole rings is 1. The third kappa shape index (κ3) is 1.67. The normalized spacial score (nSPS) is 11.2. The van der Waals surface area contributed by atoms with Crippen LogP contribution >= 0.6 is 11.3 Å². The van der Waals surface area contributed by atoms with Crippen molar-refractivity contribution >= 4 is 22.4 Å². The van der Waals surface area contributed by atoms with E-state index in [2.05, 4.69) is 11.9 Å². The molecule has 2 heterocycles. The first-order valence-corrected chi connectivity index (χ1v) is 6.61. The maximum atomic E-state index is 11.4. The summed E-state index contributed by atoms with van der Waals surface area (Å²) in [5.41, 5.74) is 3.32. The van der Waals surface area contributed by atoms with Crippen molar-refractivity contribution in [1.82, 2.24) is 9.55 Å². The van der Waals surface area contributed by atoms with Gasteiger partial charge in [0.2, 0.25) is 0 Å². The number of thiazole rings is 1. The van der Waals surface area contributed by atoms with Gasteiger partial charge in [0, 0.05) is 18.0 Å². The van der Waals surface area contributed by atoms with Gasteiger partial charge in [0.15, 0.2) is 5.58 Å². The van der Waals surface area contributed by atoms with Crippen molar-refractivity contribution in [3.63, 3.8) is 0 Å². The molecule has 0 aliphatic rings. The molecule has 0 saturated heterocycles. The van der Waals surface area contributed by atoms with Crippen LogP contribution in [0, 0.1) is 0 Å². The number of aryl methyl sites for hydroxylation is 2. The number of hydrogen-bond acceptors (Lipinski definition) is 4. The van der Waals surface area contributed by atoms with Crippen LogP contribution in [-0.2, 0) is 13.5 Å². The first-order chi connectivity index (χ1) is 8.69. The molecule has 2 aromatic heterocycles. The summed E-state index contributed by atoms with van der Waals surface area (Å²) >= 11 is 1.65. The van der Waals surface area contributed by atoms with Crippen molar-refractivity contribution in [2.75, 3.05) is 0 Å². The lowest BCUT2D eigenvalue weighted by Crippen LogP contribution is -2.08. The number of benzene rings is 1. The zero-order valence-corrected chi connectivity index (χ0v) is 11.0. The lowest BCUT2D eigenvalue weighted by Gasteiger charge is -1.96. The van der Waals surface area contributed by atoms with Gasteiger partial charge in [-0.15, -0.1) is 11.3 Å². The van der Waals surface area contributed by atoms with Crippen molar-refractivity contribution in [3.8, 4) is 11.3 Å². The molecule has 92 valence electrons. The molecule has 18 heavy (non-hydrogen) atoms. The van der Waals surface area contributed by atoms with E-state index in [1.165, 1.54) is 4.57 Å². The molecule has 4 nitrogen and oxygen atoms in total. The van der Waals surface area contributed by atoms with Gasteiger partial charge in [-0.05, 0) is 18.6 Å². The van der Waals surface area contributed by atoms with E-state index in [-0.39, 0.29) is 5.76 Å². The van der Waals surface area contributed by atoms with E-state index in [1.807, 2.05) is 23.6 Å². The molecule has 0 atom stereocenters. The largest absolute Gasteiger partial charge is 0.419 e. The van der Waals surface area contributed by atoms with Crippen LogP contribution in [-0.4, -0.2) is 9.55 Å². The Kier molecular flexibility index (Phi) is 2.56. The van der Waals surface area contributed by atoms with E-state index in [1.54, 1.807) is 18.4 Å². The molecule has 5 heteroatoms. The van der Waals surface area contributed by atoms with E-state index in [4.69, 9.17) is 4.42 Å². The van der Waals surface area contributed by atoms with E-state index in [9.17, 15) is 4.79 Å². The Bertz CT molecular complexity index is 767. The number of aromatic nitrogens is 2. The predicted molar refractivity (Wildman–Crippen MR) is 71.9 cm³/mol. The van der Waals surface area contributed by atoms with Crippen molar-refractivity contribution in [2.45, 2.75) is 13.3 Å². The van der Waals surface area contributed by atoms with Crippen molar-refractivity contribution in [2.24, 2.45) is 7.05 Å². The van der Waals surface area contributed by atoms with Crippen molar-refractivity contribution < 1.29 is 4.42 Å². The monoisotopic (exact) mass is 260 g/mol. The number of rotatable bonds is 2. The Labute approximate surface area is 108 Å². The Morgan fingerprint density at radius 2 is 2.28 bits per heavy atom. The Morgan fingerprint density at radius 1 is 1.44 bits per heavy atom. The average molecular weight is 260 g/mol. The molecule has 0 unspecified atom stereocenters.